The third kappa shape index (κ3) is 6.83. The van der Waals surface area contributed by atoms with Gasteiger partial charge in [0, 0.05) is 6.42 Å². The summed E-state index contributed by atoms with van der Waals surface area (Å²) in [4.78, 5) is 51.4. The number of hydrogen-bond donors (Lipinski definition) is 6. The molecule has 5 rings (SSSR count). The normalized spacial score (nSPS) is 20.5. The van der Waals surface area contributed by atoms with Crippen LogP contribution in [0.25, 0.3) is 11.2 Å². The molecule has 8 N–H and O–H groups in total. The molecule has 16 nitrogen and oxygen atoms in total. The zero-order chi connectivity index (χ0) is 33.0. The Morgan fingerprint density at radius 2 is 1.57 bits per heavy atom. The summed E-state index contributed by atoms with van der Waals surface area (Å²) in [6, 6.07) is 10.3. The average Bonchev–Trinajstić information content (AvgIpc) is 3.63. The summed E-state index contributed by atoms with van der Waals surface area (Å²) in [5.41, 5.74) is 14.0. The van der Waals surface area contributed by atoms with E-state index in [9.17, 15) is 24.6 Å². The number of aliphatic carboxylic acids is 1. The molecule has 0 radical (unpaired) electrons. The largest absolute Gasteiger partial charge is 0.497 e. The number of carbonyl (C=O) groups excluding carboxylic acids is 2. The SMILES string of the molecule is COc1ccc(CC(N)C(=O)NC(Cc2ccc(OC)cc2)C(=O)NC2C(C(=O)O)OC(n3cnc4c(N)ncnc43)C2O)cc1. The van der Waals surface area contributed by atoms with Crippen molar-refractivity contribution in [1.29, 1.82) is 0 Å². The van der Waals surface area contributed by atoms with E-state index in [2.05, 4.69) is 25.6 Å². The molecule has 1 aliphatic rings. The number of carbonyl (C=O) groups is 3. The maximum absolute atomic E-state index is 13.8. The number of rotatable bonds is 12. The predicted molar refractivity (Wildman–Crippen MR) is 163 cm³/mol. The Morgan fingerprint density at radius 1 is 0.957 bits per heavy atom. The summed E-state index contributed by atoms with van der Waals surface area (Å²) in [5.74, 6) is -1.47. The first-order chi connectivity index (χ1) is 22.1. The predicted octanol–water partition coefficient (Wildman–Crippen LogP) is -0.449. The molecule has 242 valence electrons. The van der Waals surface area contributed by atoms with Gasteiger partial charge in [0.05, 0.1) is 32.6 Å². The molecular weight excluding hydrogens is 600 g/mol. The number of nitrogen functional groups attached to an aromatic ring is 1. The summed E-state index contributed by atoms with van der Waals surface area (Å²) < 4.78 is 17.4. The van der Waals surface area contributed by atoms with Crippen molar-refractivity contribution >= 4 is 34.8 Å². The van der Waals surface area contributed by atoms with Gasteiger partial charge in [0.25, 0.3) is 0 Å². The number of nitrogens with zero attached hydrogens (tertiary/aromatic N) is 4. The van der Waals surface area contributed by atoms with Gasteiger partial charge >= 0.3 is 5.97 Å². The van der Waals surface area contributed by atoms with Gasteiger partial charge in [-0.15, -0.1) is 0 Å². The van der Waals surface area contributed by atoms with Crippen LogP contribution in [0.1, 0.15) is 17.4 Å². The molecule has 2 aromatic carbocycles. The first-order valence-corrected chi connectivity index (χ1v) is 14.2. The lowest BCUT2D eigenvalue weighted by atomic mass is 10.0. The number of imidazole rings is 1. The fraction of sp³-hybridized carbons (Fsp3) is 0.333. The van der Waals surface area contributed by atoms with Gasteiger partial charge in [-0.3, -0.25) is 14.2 Å². The number of aliphatic hydroxyl groups excluding tert-OH is 1. The first kappa shape index (κ1) is 32.1. The minimum Gasteiger partial charge on any atom is -0.497 e. The number of aliphatic hydroxyl groups is 1. The fourth-order valence-corrected chi connectivity index (χ4v) is 5.19. The number of ether oxygens (including phenoxy) is 3. The van der Waals surface area contributed by atoms with E-state index in [1.807, 2.05) is 0 Å². The molecule has 0 saturated carbocycles. The second kappa shape index (κ2) is 13.8. The number of nitrogens with two attached hydrogens (primary N) is 2. The van der Waals surface area contributed by atoms with Crippen LogP contribution in [-0.4, -0.2) is 92.1 Å². The quantitative estimate of drug-likeness (QED) is 0.116. The summed E-state index contributed by atoms with van der Waals surface area (Å²) in [6.07, 6.45) is -1.84. The lowest BCUT2D eigenvalue weighted by Gasteiger charge is -2.25. The number of aromatic nitrogens is 4. The van der Waals surface area contributed by atoms with Crippen LogP contribution in [0.2, 0.25) is 0 Å². The number of carboxylic acid groups (broad SMARTS) is 1. The van der Waals surface area contributed by atoms with Crippen LogP contribution in [0, 0.1) is 0 Å². The second-order valence-corrected chi connectivity index (χ2v) is 10.7. The molecule has 4 aromatic rings. The van der Waals surface area contributed by atoms with Crippen molar-refractivity contribution in [2.24, 2.45) is 5.73 Å². The minimum absolute atomic E-state index is 0.0179. The molecule has 3 heterocycles. The average molecular weight is 635 g/mol. The smallest absolute Gasteiger partial charge is 0.335 e. The third-order valence-electron chi connectivity index (χ3n) is 7.67. The number of nitrogens with one attached hydrogen (secondary N) is 2. The molecule has 0 bridgehead atoms. The summed E-state index contributed by atoms with van der Waals surface area (Å²) in [6.45, 7) is 0. The Morgan fingerprint density at radius 3 is 2.15 bits per heavy atom. The maximum atomic E-state index is 13.8. The van der Waals surface area contributed by atoms with Crippen molar-refractivity contribution < 1.29 is 38.8 Å². The van der Waals surface area contributed by atoms with Crippen molar-refractivity contribution in [2.45, 2.75) is 49.4 Å². The lowest BCUT2D eigenvalue weighted by Crippen LogP contribution is -2.58. The van der Waals surface area contributed by atoms with E-state index in [0.717, 1.165) is 5.56 Å². The van der Waals surface area contributed by atoms with Crippen molar-refractivity contribution in [3.05, 3.63) is 72.3 Å². The molecule has 0 spiro atoms. The monoisotopic (exact) mass is 634 g/mol. The highest BCUT2D eigenvalue weighted by atomic mass is 16.6. The van der Waals surface area contributed by atoms with Crippen molar-refractivity contribution in [3.8, 4) is 11.5 Å². The van der Waals surface area contributed by atoms with Crippen molar-refractivity contribution in [3.63, 3.8) is 0 Å². The molecule has 1 fully saturated rings. The Kier molecular flexibility index (Phi) is 9.60. The minimum atomic E-state index is -1.66. The number of benzene rings is 2. The van der Waals surface area contributed by atoms with Crippen LogP contribution in [-0.2, 0) is 32.0 Å². The molecule has 0 aliphatic carbocycles. The van der Waals surface area contributed by atoms with E-state index in [0.29, 0.717) is 17.1 Å². The topological polar surface area (TPSA) is 239 Å². The van der Waals surface area contributed by atoms with Crippen LogP contribution >= 0.6 is 0 Å². The number of hydrogen-bond acceptors (Lipinski definition) is 12. The molecule has 1 aliphatic heterocycles. The second-order valence-electron chi connectivity index (χ2n) is 10.7. The number of amides is 2. The summed E-state index contributed by atoms with van der Waals surface area (Å²) in [7, 11) is 3.06. The molecular formula is C30H34N8O8. The highest BCUT2D eigenvalue weighted by Gasteiger charge is 2.50. The first-order valence-electron chi connectivity index (χ1n) is 14.2. The molecule has 2 amide bonds. The highest BCUT2D eigenvalue weighted by molar-refractivity contribution is 5.90. The standard InChI is InChI=1S/C30H34N8O8/c1-44-17-7-3-15(4-8-17)11-19(31)27(40)36-20(12-16-5-9-18(45-2)10-6-16)28(41)37-21-23(39)29(46-24(21)30(42)43)38-14-35-22-25(32)33-13-34-26(22)38/h3-10,13-14,19-21,23-24,29,39H,11-12,31H2,1-2H3,(H,36,40)(H,37,41)(H,42,43)(H2,32,33,34). The zero-order valence-corrected chi connectivity index (χ0v) is 24.9. The van der Waals surface area contributed by atoms with Gasteiger partial charge in [-0.2, -0.15) is 0 Å². The van der Waals surface area contributed by atoms with E-state index in [-0.39, 0.29) is 29.8 Å². The molecule has 16 heteroatoms. The van der Waals surface area contributed by atoms with Gasteiger partial charge in [0.1, 0.15) is 35.5 Å². The summed E-state index contributed by atoms with van der Waals surface area (Å²) >= 11 is 0. The van der Waals surface area contributed by atoms with Gasteiger partial charge in [0.15, 0.2) is 23.8 Å². The van der Waals surface area contributed by atoms with E-state index in [1.54, 1.807) is 55.6 Å². The highest BCUT2D eigenvalue weighted by Crippen LogP contribution is 2.32. The van der Waals surface area contributed by atoms with Crippen molar-refractivity contribution in [2.75, 3.05) is 20.0 Å². The lowest BCUT2D eigenvalue weighted by molar-refractivity contribution is -0.152. The van der Waals surface area contributed by atoms with Gasteiger partial charge in [-0.05, 0) is 41.8 Å². The van der Waals surface area contributed by atoms with E-state index in [4.69, 9.17) is 25.7 Å². The molecule has 1 saturated heterocycles. The Balaban J connectivity index is 1.36. The Labute approximate surface area is 262 Å². The van der Waals surface area contributed by atoms with E-state index in [1.165, 1.54) is 24.3 Å². The van der Waals surface area contributed by atoms with Gasteiger partial charge in [-0.1, -0.05) is 24.3 Å². The molecule has 2 aromatic heterocycles. The van der Waals surface area contributed by atoms with Crippen molar-refractivity contribution in [1.82, 2.24) is 30.2 Å². The Bertz CT molecular complexity index is 1700. The number of carboxylic acids is 1. The van der Waals surface area contributed by atoms with Crippen LogP contribution in [0.5, 0.6) is 11.5 Å². The number of fused-ring (bicyclic) bond motifs is 1. The molecule has 6 atom stereocenters. The van der Waals surface area contributed by atoms with E-state index >= 15 is 0 Å². The summed E-state index contributed by atoms with van der Waals surface area (Å²) in [5, 5.41) is 26.5. The van der Waals surface area contributed by atoms with E-state index < -0.39 is 54.3 Å². The third-order valence-corrected chi connectivity index (χ3v) is 7.67. The van der Waals surface area contributed by atoms with Gasteiger partial charge in [-0.25, -0.2) is 19.7 Å². The number of methoxy groups -OCH3 is 2. The van der Waals surface area contributed by atoms with Crippen LogP contribution in [0.15, 0.2) is 61.2 Å². The van der Waals surface area contributed by atoms with Crippen LogP contribution in [0.3, 0.4) is 0 Å². The van der Waals surface area contributed by atoms with Crippen LogP contribution in [0.4, 0.5) is 5.82 Å². The molecule has 6 unspecified atom stereocenters. The molecule has 46 heavy (non-hydrogen) atoms. The zero-order valence-electron chi connectivity index (χ0n) is 24.9. The number of anilines is 1. The maximum Gasteiger partial charge on any atom is 0.335 e. The fourth-order valence-electron chi connectivity index (χ4n) is 5.19. The van der Waals surface area contributed by atoms with Gasteiger partial charge < -0.3 is 46.5 Å². The Hall–Kier alpha value is -5.32. The van der Waals surface area contributed by atoms with Gasteiger partial charge in [0.2, 0.25) is 11.8 Å². The van der Waals surface area contributed by atoms with Crippen LogP contribution < -0.4 is 31.6 Å².